The second-order valence-electron chi connectivity index (χ2n) is 31.6. The number of carbonyl (C=O) groups is 2. The Morgan fingerprint density at radius 1 is 0.473 bits per heavy atom. The van der Waals surface area contributed by atoms with E-state index in [2.05, 4.69) is 98.3 Å². The Balaban J connectivity index is 1.04. The lowest BCUT2D eigenvalue weighted by molar-refractivity contribution is -0.119. The third-order valence-electron chi connectivity index (χ3n) is 21.7. The SMILES string of the molecule is COc1ccc(C(OC[C@H]2S[C@@H](n3cnc4c(=O)[nH]c(NC(=O)C(C)C)nc43)[C@H](O[PH](=O)O[C@@H]3[C@H](O[Si](C)(C)C(C)(C)C)[C@@H](COC(c4ccccc4)(c4ccc(OC)cc4)c4ccc(OC)cc4)S[C@H]3n3cnc4c(=O)[nH]c(NC(=O)C(C)C)nc43)[C@@H]2O[Si](C)(C)C(C)(C)C)(c2ccccc2)c2ccc(OC)cc2)cc1. The Kier molecular flexibility index (Phi) is 24.9. The molecule has 12 rings (SSSR count). The zero-order valence-corrected chi connectivity index (χ0v) is 71.1. The normalized spacial score (nSPS) is 19.3. The van der Waals surface area contributed by atoms with Crippen LogP contribution in [0.4, 0.5) is 11.9 Å². The van der Waals surface area contributed by atoms with E-state index in [-0.39, 0.29) is 59.3 Å². The van der Waals surface area contributed by atoms with Crippen molar-refractivity contribution in [1.82, 2.24) is 39.0 Å². The van der Waals surface area contributed by atoms with Gasteiger partial charge in [-0.25, -0.2) is 9.97 Å². The molecule has 30 heteroatoms. The number of H-pyrrole nitrogens is 2. The number of thioether (sulfide) groups is 2. The molecular weight excluding hydrogens is 1520 g/mol. The smallest absolute Gasteiger partial charge is 0.320 e. The van der Waals surface area contributed by atoms with Crippen molar-refractivity contribution < 1.29 is 60.5 Å². The van der Waals surface area contributed by atoms with Crippen LogP contribution in [0.5, 0.6) is 23.0 Å². The summed E-state index contributed by atoms with van der Waals surface area (Å²) in [7, 11) is -3.44. The zero-order chi connectivity index (χ0) is 80.4. The number of hydrogen-bond acceptors (Lipinski definition) is 21. The molecule has 6 heterocycles. The van der Waals surface area contributed by atoms with Gasteiger partial charge in [0, 0.05) is 11.8 Å². The first-order valence-corrected chi connectivity index (χ1v) is 46.2. The van der Waals surface area contributed by atoms with Crippen LogP contribution in [0.25, 0.3) is 22.3 Å². The summed E-state index contributed by atoms with van der Waals surface area (Å²) < 4.78 is 88.9. The number of amides is 2. The standard InChI is InChI=1S/C82H101N10O15PS2Si2/c1-49(2)71(93)87-77-85-69-63(73(95)89-77)83-47-91(69)75-67(65(106-111(15,16)79(5,6)7)61(109-75)45-102-81(51-25-21-19-22-26-51,53-29-37-57(98-11)38-30-53)54-31-39-58(99-12)40-32-54)104-108(97)105-68-66(107-112(17,18)80(8,9)10)62(110-76(68)92-48-84-64-70(92)86-78(90-74(64)96)88-72(94)50(3)4)46-103-82(52-27-23-20-24-28-52,55-33-41-59(100-13)42-34-55)56-35-43-60(101-14)44-36-56/h19-44,47-50,61-62,65-68,75-76,108H,45-46H2,1-18H3,(H2,85,87,89,93,95)(H2,86,88,90,94,96)/t61-,62-,65-,66-,67-,68-,75-,76-/m1/s1. The maximum atomic E-state index is 16.7. The Hall–Kier alpha value is -8.72. The van der Waals surface area contributed by atoms with Crippen molar-refractivity contribution >= 4 is 94.5 Å². The molecule has 2 amide bonds. The lowest BCUT2D eigenvalue weighted by Crippen LogP contribution is -2.51. The molecule has 4 aromatic heterocycles. The van der Waals surface area contributed by atoms with Crippen molar-refractivity contribution in [2.75, 3.05) is 52.3 Å². The van der Waals surface area contributed by atoms with E-state index in [1.165, 1.54) is 36.2 Å². The van der Waals surface area contributed by atoms with Gasteiger partial charge in [0.2, 0.25) is 23.7 Å². The number of imidazole rings is 2. The minimum atomic E-state index is -3.94. The maximum Gasteiger partial charge on any atom is 0.320 e. The minimum Gasteiger partial charge on any atom is -0.497 e. The van der Waals surface area contributed by atoms with Crippen LogP contribution >= 0.6 is 31.8 Å². The second-order valence-corrected chi connectivity index (χ2v) is 44.8. The van der Waals surface area contributed by atoms with Gasteiger partial charge in [0.1, 0.15) is 57.2 Å². The number of fused-ring (bicyclic) bond motifs is 2. The van der Waals surface area contributed by atoms with E-state index in [1.54, 1.807) is 65.3 Å². The van der Waals surface area contributed by atoms with E-state index in [0.29, 0.717) is 23.0 Å². The number of nitrogens with one attached hydrogen (secondary N) is 4. The van der Waals surface area contributed by atoms with Crippen LogP contribution in [0.3, 0.4) is 0 Å². The van der Waals surface area contributed by atoms with Gasteiger partial charge in [-0.2, -0.15) is 9.97 Å². The van der Waals surface area contributed by atoms with Crippen LogP contribution in [-0.4, -0.2) is 144 Å². The maximum absolute atomic E-state index is 16.7. The van der Waals surface area contributed by atoms with Gasteiger partial charge in [-0.15, -0.1) is 23.5 Å². The van der Waals surface area contributed by atoms with Crippen molar-refractivity contribution in [1.29, 1.82) is 0 Å². The first kappa shape index (κ1) is 82.7. The molecule has 0 bridgehead atoms. The predicted molar refractivity (Wildman–Crippen MR) is 443 cm³/mol. The average molecular weight is 1620 g/mol. The highest BCUT2D eigenvalue weighted by atomic mass is 32.2. The molecule has 2 aliphatic heterocycles. The third kappa shape index (κ3) is 16.9. The molecule has 0 unspecified atom stereocenters. The number of aromatic amines is 2. The van der Waals surface area contributed by atoms with Crippen molar-refractivity contribution in [3.05, 3.63) is 224 Å². The fourth-order valence-corrected chi connectivity index (χ4v) is 20.5. The van der Waals surface area contributed by atoms with Gasteiger partial charge >= 0.3 is 8.25 Å². The van der Waals surface area contributed by atoms with Crippen molar-refractivity contribution in [3.63, 3.8) is 0 Å². The van der Waals surface area contributed by atoms with Crippen LogP contribution < -0.4 is 40.7 Å². The number of nitrogens with zero attached hydrogens (tertiary/aromatic N) is 6. The van der Waals surface area contributed by atoms with Gasteiger partial charge < -0.3 is 46.3 Å². The van der Waals surface area contributed by atoms with Crippen LogP contribution in [0.2, 0.25) is 36.3 Å². The summed E-state index contributed by atoms with van der Waals surface area (Å²) in [4.78, 5) is 80.0. The van der Waals surface area contributed by atoms with Gasteiger partial charge in [0.15, 0.2) is 39.0 Å². The molecule has 8 atom stereocenters. The van der Waals surface area contributed by atoms with Gasteiger partial charge in [0.05, 0.1) is 77.0 Å². The first-order chi connectivity index (χ1) is 53.2. The van der Waals surface area contributed by atoms with Crippen molar-refractivity contribution in [2.45, 2.75) is 162 Å². The summed E-state index contributed by atoms with van der Waals surface area (Å²) in [5, 5.41) is 1.35. The van der Waals surface area contributed by atoms with Crippen molar-refractivity contribution in [2.24, 2.45) is 11.8 Å². The van der Waals surface area contributed by atoms with Crippen LogP contribution in [0, 0.1) is 11.8 Å². The summed E-state index contributed by atoms with van der Waals surface area (Å²) in [5.41, 5.74) is 0.880. The Labute approximate surface area is 663 Å². The zero-order valence-electron chi connectivity index (χ0n) is 66.5. The molecule has 2 saturated heterocycles. The number of anilines is 2. The average Bonchev–Trinajstić information content (AvgIpc) is 0.804. The summed E-state index contributed by atoms with van der Waals surface area (Å²) in [6.45, 7) is 28.2. The monoisotopic (exact) mass is 1620 g/mol. The summed E-state index contributed by atoms with van der Waals surface area (Å²) in [6, 6.07) is 50.8. The predicted octanol–water partition coefficient (Wildman–Crippen LogP) is 15.7. The number of methoxy groups -OCH3 is 4. The van der Waals surface area contributed by atoms with Crippen LogP contribution in [0.1, 0.15) is 113 Å². The number of ether oxygens (including phenoxy) is 6. The molecule has 2 fully saturated rings. The Morgan fingerprint density at radius 2 is 0.768 bits per heavy atom. The molecule has 6 aromatic carbocycles. The van der Waals surface area contributed by atoms with E-state index < -0.39 is 115 Å². The molecule has 0 saturated carbocycles. The van der Waals surface area contributed by atoms with Crippen LogP contribution in [-0.2, 0) is 52.7 Å². The van der Waals surface area contributed by atoms with Gasteiger partial charge in [-0.1, -0.05) is 178 Å². The molecule has 0 spiro atoms. The van der Waals surface area contributed by atoms with E-state index >= 15 is 4.57 Å². The van der Waals surface area contributed by atoms with Gasteiger partial charge in [-0.05, 0) is 118 Å². The quantitative estimate of drug-likeness (QED) is 0.0185. The molecule has 594 valence electrons. The Bertz CT molecular complexity index is 4670. The molecule has 25 nitrogen and oxygen atoms in total. The number of carbonyl (C=O) groups excluding carboxylic acids is 2. The highest BCUT2D eigenvalue weighted by Gasteiger charge is 2.57. The third-order valence-corrected chi connectivity index (χ3v) is 34.7. The molecule has 112 heavy (non-hydrogen) atoms. The molecule has 0 aliphatic carbocycles. The van der Waals surface area contributed by atoms with Crippen molar-refractivity contribution in [3.8, 4) is 23.0 Å². The number of benzene rings is 6. The summed E-state index contributed by atoms with van der Waals surface area (Å²) >= 11 is 2.81. The van der Waals surface area contributed by atoms with E-state index in [9.17, 15) is 19.2 Å². The van der Waals surface area contributed by atoms with Gasteiger partial charge in [0.25, 0.3) is 11.1 Å². The topological polar surface area (TPSA) is 295 Å². The highest BCUT2D eigenvalue weighted by Crippen LogP contribution is 2.57. The molecule has 4 N–H and O–H groups in total. The Morgan fingerprint density at radius 3 is 1.04 bits per heavy atom. The van der Waals surface area contributed by atoms with E-state index in [4.69, 9.17) is 56.3 Å². The fraction of sp³-hybridized carbons (Fsp3) is 0.415. The summed E-state index contributed by atoms with van der Waals surface area (Å²) in [6.07, 6.45) is -1.48. The van der Waals surface area contributed by atoms with E-state index in [1.807, 2.05) is 158 Å². The molecule has 0 radical (unpaired) electrons. The molecule has 10 aromatic rings. The second kappa shape index (κ2) is 33.8. The summed E-state index contributed by atoms with van der Waals surface area (Å²) in [5.74, 6) is 0.587. The largest absolute Gasteiger partial charge is 0.497 e. The number of hydrogen-bond donors (Lipinski definition) is 4. The fourth-order valence-electron chi connectivity index (χ4n) is 13.4. The first-order valence-electron chi connectivity index (χ1n) is 37.3. The number of rotatable bonds is 30. The number of aromatic nitrogens is 8. The lowest BCUT2D eigenvalue weighted by Gasteiger charge is -2.42. The molecular formula is C82H101N10O15PS2Si2. The van der Waals surface area contributed by atoms with Crippen LogP contribution in [0.15, 0.2) is 180 Å². The minimum absolute atomic E-state index is 0.0404. The molecule has 2 aliphatic rings. The lowest BCUT2D eigenvalue weighted by atomic mass is 9.80. The highest BCUT2D eigenvalue weighted by molar-refractivity contribution is 8.00. The van der Waals surface area contributed by atoms with Gasteiger partial charge in [-0.3, -0.25) is 53.5 Å². The van der Waals surface area contributed by atoms with E-state index in [0.717, 1.165) is 33.4 Å².